The lowest BCUT2D eigenvalue weighted by Gasteiger charge is -2.21. The maximum atomic E-state index is 13.4. The maximum Gasteiger partial charge on any atom is 0.191 e. The number of halogens is 2. The second-order valence-corrected chi connectivity index (χ2v) is 6.93. The first-order chi connectivity index (χ1) is 13.0. The van der Waals surface area contributed by atoms with Crippen LogP contribution in [0.3, 0.4) is 0 Å². The molecular weight excluding hydrogens is 470 g/mol. The number of guanidine groups is 1. The molecule has 28 heavy (non-hydrogen) atoms. The maximum absolute atomic E-state index is 13.4. The predicted molar refractivity (Wildman–Crippen MR) is 126 cm³/mol. The van der Waals surface area contributed by atoms with Crippen molar-refractivity contribution in [3.63, 3.8) is 0 Å². The fourth-order valence-electron chi connectivity index (χ4n) is 3.24. The molecule has 7 heteroatoms. The van der Waals surface area contributed by atoms with Crippen molar-refractivity contribution in [3.05, 3.63) is 35.3 Å². The highest BCUT2D eigenvalue weighted by Gasteiger charge is 2.12. The van der Waals surface area contributed by atoms with Gasteiger partial charge < -0.3 is 20.0 Å². The molecule has 5 nitrogen and oxygen atoms in total. The zero-order valence-corrected chi connectivity index (χ0v) is 20.0. The second kappa shape index (κ2) is 12.3. The molecule has 1 atom stereocenters. The average molecular weight is 504 g/mol. The van der Waals surface area contributed by atoms with Crippen molar-refractivity contribution >= 4 is 40.9 Å². The van der Waals surface area contributed by atoms with Gasteiger partial charge in [-0.3, -0.25) is 4.99 Å². The third kappa shape index (κ3) is 6.92. The van der Waals surface area contributed by atoms with Crippen LogP contribution in [0.1, 0.15) is 44.9 Å². The summed E-state index contributed by atoms with van der Waals surface area (Å²) in [4.78, 5) is 6.74. The molecule has 0 aliphatic carbocycles. The third-order valence-corrected chi connectivity index (χ3v) is 5.03. The summed E-state index contributed by atoms with van der Waals surface area (Å²) in [6, 6.07) is 4.94. The van der Waals surface area contributed by atoms with Crippen molar-refractivity contribution < 1.29 is 8.81 Å². The number of aryl methyl sites for hydroxylation is 1. The smallest absolute Gasteiger partial charge is 0.191 e. The molecule has 1 aromatic carbocycles. The Morgan fingerprint density at radius 1 is 1.29 bits per heavy atom. The van der Waals surface area contributed by atoms with Crippen molar-refractivity contribution in [2.75, 3.05) is 26.7 Å². The minimum Gasteiger partial charge on any atom is -0.459 e. The minimum absolute atomic E-state index is 0. The van der Waals surface area contributed by atoms with Crippen LogP contribution in [0.25, 0.3) is 11.0 Å². The Hall–Kier alpha value is -1.35. The van der Waals surface area contributed by atoms with Crippen LogP contribution in [0.15, 0.2) is 27.6 Å². The number of furan rings is 1. The molecule has 0 aliphatic rings. The quantitative estimate of drug-likeness (QED) is 0.296. The van der Waals surface area contributed by atoms with E-state index in [2.05, 4.69) is 41.3 Å². The zero-order chi connectivity index (χ0) is 19.8. The molecule has 0 saturated carbocycles. The van der Waals surface area contributed by atoms with Crippen molar-refractivity contribution in [1.29, 1.82) is 0 Å². The van der Waals surface area contributed by atoms with E-state index in [9.17, 15) is 4.39 Å². The Bertz CT molecular complexity index is 758. The van der Waals surface area contributed by atoms with Gasteiger partial charge in [-0.25, -0.2) is 4.39 Å². The van der Waals surface area contributed by atoms with Gasteiger partial charge in [0, 0.05) is 24.0 Å². The largest absolute Gasteiger partial charge is 0.459 e. The first-order valence-electron chi connectivity index (χ1n) is 9.85. The second-order valence-electron chi connectivity index (χ2n) is 6.93. The summed E-state index contributed by atoms with van der Waals surface area (Å²) in [5, 5.41) is 7.54. The molecule has 1 unspecified atom stereocenters. The summed E-state index contributed by atoms with van der Waals surface area (Å²) in [5.74, 6) is 1.30. The lowest BCUT2D eigenvalue weighted by Crippen LogP contribution is -2.42. The monoisotopic (exact) mass is 504 g/mol. The highest BCUT2D eigenvalue weighted by Crippen LogP contribution is 2.25. The summed E-state index contributed by atoms with van der Waals surface area (Å²) < 4.78 is 19.3. The number of rotatable bonds is 9. The standard InChI is InChI=1S/C21H33FN4O.HI/c1-6-26(7-2)12-8-9-15(3)25-21(23-5)24-14-20-16(4)18-13-17(22)10-11-19(18)27-20;/h10-11,13,15H,6-9,12,14H2,1-5H3,(H2,23,24,25);1H. The molecule has 0 aliphatic heterocycles. The molecule has 2 aromatic rings. The van der Waals surface area contributed by atoms with E-state index in [0.717, 1.165) is 55.1 Å². The van der Waals surface area contributed by atoms with Crippen LogP contribution in [-0.4, -0.2) is 43.6 Å². The highest BCUT2D eigenvalue weighted by atomic mass is 127. The molecule has 1 heterocycles. The predicted octanol–water partition coefficient (Wildman–Crippen LogP) is 4.67. The molecule has 0 saturated heterocycles. The lowest BCUT2D eigenvalue weighted by molar-refractivity contribution is 0.292. The topological polar surface area (TPSA) is 52.8 Å². The van der Waals surface area contributed by atoms with Crippen LogP contribution < -0.4 is 10.6 Å². The SMILES string of the molecule is CCN(CC)CCCC(C)NC(=NC)NCc1oc2ccc(F)cc2c1C.I. The molecule has 0 fully saturated rings. The Labute approximate surface area is 185 Å². The van der Waals surface area contributed by atoms with Crippen LogP contribution in [-0.2, 0) is 6.54 Å². The molecule has 158 valence electrons. The zero-order valence-electron chi connectivity index (χ0n) is 17.6. The van der Waals surface area contributed by atoms with Crippen molar-refractivity contribution in [1.82, 2.24) is 15.5 Å². The third-order valence-electron chi connectivity index (χ3n) is 5.03. The van der Waals surface area contributed by atoms with Gasteiger partial charge in [-0.05, 0) is 64.5 Å². The van der Waals surface area contributed by atoms with E-state index in [1.165, 1.54) is 12.1 Å². The molecule has 2 rings (SSSR count). The summed E-state index contributed by atoms with van der Waals surface area (Å²) in [6.45, 7) is 12.4. The Balaban J connectivity index is 0.00000392. The van der Waals surface area contributed by atoms with Crippen LogP contribution in [0, 0.1) is 12.7 Å². The summed E-state index contributed by atoms with van der Waals surface area (Å²) >= 11 is 0. The number of nitrogens with one attached hydrogen (secondary N) is 2. The highest BCUT2D eigenvalue weighted by molar-refractivity contribution is 14.0. The first kappa shape index (κ1) is 24.7. The summed E-state index contributed by atoms with van der Waals surface area (Å²) in [7, 11) is 1.76. The van der Waals surface area contributed by atoms with Crippen molar-refractivity contribution in [2.24, 2.45) is 4.99 Å². The van der Waals surface area contributed by atoms with Gasteiger partial charge in [-0.2, -0.15) is 0 Å². The molecule has 0 spiro atoms. The lowest BCUT2D eigenvalue weighted by atomic mass is 10.1. The fourth-order valence-corrected chi connectivity index (χ4v) is 3.24. The van der Waals surface area contributed by atoms with Crippen LogP contribution in [0.4, 0.5) is 4.39 Å². The van der Waals surface area contributed by atoms with Gasteiger partial charge in [0.25, 0.3) is 0 Å². The van der Waals surface area contributed by atoms with E-state index < -0.39 is 0 Å². The Kier molecular flexibility index (Phi) is 10.8. The number of hydrogen-bond donors (Lipinski definition) is 2. The van der Waals surface area contributed by atoms with E-state index in [1.54, 1.807) is 13.1 Å². The summed E-state index contributed by atoms with van der Waals surface area (Å²) in [5.41, 5.74) is 1.66. The van der Waals surface area contributed by atoms with Gasteiger partial charge in [0.15, 0.2) is 5.96 Å². The van der Waals surface area contributed by atoms with Gasteiger partial charge >= 0.3 is 0 Å². The summed E-state index contributed by atoms with van der Waals surface area (Å²) in [6.07, 6.45) is 2.24. The molecule has 2 N–H and O–H groups in total. The van der Waals surface area contributed by atoms with Gasteiger partial charge in [0.2, 0.25) is 0 Å². The van der Waals surface area contributed by atoms with Gasteiger partial charge in [0.05, 0.1) is 6.54 Å². The van der Waals surface area contributed by atoms with Gasteiger partial charge in [0.1, 0.15) is 17.2 Å². The Morgan fingerprint density at radius 3 is 2.64 bits per heavy atom. The number of benzene rings is 1. The number of nitrogens with zero attached hydrogens (tertiary/aromatic N) is 2. The van der Waals surface area contributed by atoms with E-state index >= 15 is 0 Å². The number of fused-ring (bicyclic) bond motifs is 1. The molecular formula is C21H34FIN4O. The molecule has 0 radical (unpaired) electrons. The normalized spacial score (nSPS) is 12.9. The van der Waals surface area contributed by atoms with Crippen molar-refractivity contribution in [2.45, 2.75) is 53.1 Å². The van der Waals surface area contributed by atoms with Crippen LogP contribution in [0.5, 0.6) is 0 Å². The van der Waals surface area contributed by atoms with Crippen LogP contribution >= 0.6 is 24.0 Å². The van der Waals surface area contributed by atoms with Crippen LogP contribution in [0.2, 0.25) is 0 Å². The average Bonchev–Trinajstić information content (AvgIpc) is 2.97. The van der Waals surface area contributed by atoms with Gasteiger partial charge in [-0.15, -0.1) is 24.0 Å². The van der Waals surface area contributed by atoms with E-state index in [0.29, 0.717) is 18.2 Å². The van der Waals surface area contributed by atoms with Crippen molar-refractivity contribution in [3.8, 4) is 0 Å². The molecule has 0 amide bonds. The minimum atomic E-state index is -0.248. The Morgan fingerprint density at radius 2 is 2.00 bits per heavy atom. The van der Waals surface area contributed by atoms with E-state index in [4.69, 9.17) is 4.42 Å². The number of hydrogen-bond acceptors (Lipinski definition) is 3. The molecule has 0 bridgehead atoms. The first-order valence-corrected chi connectivity index (χ1v) is 9.85. The van der Waals surface area contributed by atoms with E-state index in [-0.39, 0.29) is 29.8 Å². The number of aliphatic imine (C=N–C) groups is 1. The van der Waals surface area contributed by atoms with Gasteiger partial charge in [-0.1, -0.05) is 13.8 Å². The molecule has 1 aromatic heterocycles. The fraction of sp³-hybridized carbons (Fsp3) is 0.571. The van der Waals surface area contributed by atoms with E-state index in [1.807, 2.05) is 6.92 Å².